The molecule has 0 unspecified atom stereocenters. The van der Waals surface area contributed by atoms with Crippen molar-refractivity contribution in [3.05, 3.63) is 16.2 Å². The lowest BCUT2D eigenvalue weighted by atomic mass is 10.2. The van der Waals surface area contributed by atoms with Crippen LogP contribution >= 0.6 is 22.9 Å². The molecule has 1 aliphatic heterocycles. The van der Waals surface area contributed by atoms with E-state index >= 15 is 0 Å². The molecular formula is C12H15ClN4O3S2. The van der Waals surface area contributed by atoms with Crippen LogP contribution in [0.2, 0.25) is 5.28 Å². The molecule has 0 saturated carbocycles. The van der Waals surface area contributed by atoms with Crippen LogP contribution in [0.5, 0.6) is 0 Å². The van der Waals surface area contributed by atoms with E-state index < -0.39 is 10.9 Å². The fraction of sp³-hybridized carbons (Fsp3) is 0.500. The Morgan fingerprint density at radius 3 is 3.09 bits per heavy atom. The normalized spacial score (nSPS) is 19.2. The second-order valence-corrected chi connectivity index (χ2v) is 7.01. The molecule has 3 heterocycles. The standard InChI is InChI=1S/C12H15ClN4O3S2/c1-7-5-20-3-2-17(7)11-10-9(15-12(13)16-11)8(6-21-10)4-14-22(18)19/h6-7,22H,2-5H2,1H3,(H,14,18,19)/t7-/m1/s1. The monoisotopic (exact) mass is 362 g/mol. The molecule has 1 fully saturated rings. The van der Waals surface area contributed by atoms with Crippen molar-refractivity contribution in [2.24, 2.45) is 0 Å². The van der Waals surface area contributed by atoms with Crippen LogP contribution in [0.15, 0.2) is 5.38 Å². The summed E-state index contributed by atoms with van der Waals surface area (Å²) in [5.41, 5.74) is 1.49. The van der Waals surface area contributed by atoms with Gasteiger partial charge in [-0.3, -0.25) is 0 Å². The van der Waals surface area contributed by atoms with Crippen molar-refractivity contribution in [1.29, 1.82) is 0 Å². The molecule has 0 aromatic carbocycles. The number of hydrogen-bond acceptors (Lipinski definition) is 7. The van der Waals surface area contributed by atoms with Crippen LogP contribution in [-0.2, 0) is 22.2 Å². The van der Waals surface area contributed by atoms with Crippen molar-refractivity contribution in [3.8, 4) is 0 Å². The molecule has 1 N–H and O–H groups in total. The summed E-state index contributed by atoms with van der Waals surface area (Å²) in [5, 5.41) is 2.04. The first-order valence-corrected chi connectivity index (χ1v) is 9.15. The summed E-state index contributed by atoms with van der Waals surface area (Å²) >= 11 is 7.56. The number of nitrogens with one attached hydrogen (secondary N) is 1. The van der Waals surface area contributed by atoms with Crippen molar-refractivity contribution in [2.75, 3.05) is 24.7 Å². The zero-order valence-corrected chi connectivity index (χ0v) is 14.2. The Hall–Kier alpha value is -1.00. The van der Waals surface area contributed by atoms with Crippen LogP contribution < -0.4 is 9.62 Å². The minimum absolute atomic E-state index is 0.160. The second-order valence-electron chi connectivity index (χ2n) is 4.96. The molecule has 0 amide bonds. The number of morpholine rings is 1. The number of anilines is 1. The average Bonchev–Trinajstić information content (AvgIpc) is 2.88. The lowest BCUT2D eigenvalue weighted by molar-refractivity contribution is 0.0987. The van der Waals surface area contributed by atoms with E-state index in [0.29, 0.717) is 18.7 Å². The Kier molecular flexibility index (Phi) is 4.79. The number of ether oxygens (including phenoxy) is 1. The predicted octanol–water partition coefficient (Wildman–Crippen LogP) is 1.19. The third-order valence-corrected chi connectivity index (χ3v) is 5.08. The highest BCUT2D eigenvalue weighted by Crippen LogP contribution is 2.34. The number of thiophene rings is 1. The molecule has 0 radical (unpaired) electrons. The molecule has 7 nitrogen and oxygen atoms in total. The fourth-order valence-corrected chi connectivity index (χ4v) is 3.91. The Morgan fingerprint density at radius 1 is 1.55 bits per heavy atom. The molecule has 2 aromatic heterocycles. The van der Waals surface area contributed by atoms with Gasteiger partial charge < -0.3 is 9.64 Å². The number of rotatable bonds is 4. The number of halogens is 1. The van der Waals surface area contributed by atoms with Gasteiger partial charge in [0.2, 0.25) is 16.2 Å². The first-order valence-electron chi connectivity index (χ1n) is 6.72. The van der Waals surface area contributed by atoms with E-state index in [9.17, 15) is 8.42 Å². The number of fused-ring (bicyclic) bond motifs is 1. The maximum atomic E-state index is 10.7. The van der Waals surface area contributed by atoms with Crippen molar-refractivity contribution in [3.63, 3.8) is 0 Å². The summed E-state index contributed by atoms with van der Waals surface area (Å²) < 4.78 is 30.2. The largest absolute Gasteiger partial charge is 0.377 e. The number of thiol groups is 1. The first-order chi connectivity index (χ1) is 10.6. The van der Waals surface area contributed by atoms with Gasteiger partial charge in [0.15, 0.2) is 5.82 Å². The van der Waals surface area contributed by atoms with Gasteiger partial charge in [-0.1, -0.05) is 0 Å². The van der Waals surface area contributed by atoms with Crippen LogP contribution in [0, 0.1) is 0 Å². The summed E-state index contributed by atoms with van der Waals surface area (Å²) in [5.74, 6) is 0.786. The van der Waals surface area contributed by atoms with Gasteiger partial charge in [-0.05, 0) is 23.9 Å². The molecule has 0 bridgehead atoms. The van der Waals surface area contributed by atoms with Crippen LogP contribution in [0.1, 0.15) is 12.5 Å². The minimum Gasteiger partial charge on any atom is -0.377 e. The van der Waals surface area contributed by atoms with E-state index in [-0.39, 0.29) is 17.9 Å². The lowest BCUT2D eigenvalue weighted by Crippen LogP contribution is -2.44. The van der Waals surface area contributed by atoms with Crippen molar-refractivity contribution >= 4 is 49.9 Å². The van der Waals surface area contributed by atoms with Crippen LogP contribution in [-0.4, -0.2) is 44.2 Å². The molecule has 10 heteroatoms. The van der Waals surface area contributed by atoms with Gasteiger partial charge in [-0.15, -0.1) is 11.3 Å². The maximum Gasteiger partial charge on any atom is 0.224 e. The quantitative estimate of drug-likeness (QED) is 0.627. The summed E-state index contributed by atoms with van der Waals surface area (Å²) in [6.45, 7) is 4.29. The molecule has 3 rings (SSSR count). The van der Waals surface area contributed by atoms with Gasteiger partial charge in [0, 0.05) is 18.7 Å². The molecule has 1 aliphatic rings. The molecule has 0 spiro atoms. The second kappa shape index (κ2) is 6.63. The molecule has 1 atom stereocenters. The number of hydrogen-bond donors (Lipinski definition) is 2. The highest BCUT2D eigenvalue weighted by Gasteiger charge is 2.24. The average molecular weight is 363 g/mol. The Balaban J connectivity index is 2.03. The molecule has 120 valence electrons. The van der Waals surface area contributed by atoms with E-state index in [2.05, 4.69) is 26.5 Å². The summed E-state index contributed by atoms with van der Waals surface area (Å²) in [6, 6.07) is 0.197. The van der Waals surface area contributed by atoms with E-state index in [1.54, 1.807) is 0 Å². The van der Waals surface area contributed by atoms with E-state index in [4.69, 9.17) is 16.3 Å². The zero-order chi connectivity index (χ0) is 15.7. The van der Waals surface area contributed by atoms with Gasteiger partial charge in [0.25, 0.3) is 0 Å². The maximum absolute atomic E-state index is 10.7. The van der Waals surface area contributed by atoms with E-state index in [1.807, 2.05) is 5.38 Å². The van der Waals surface area contributed by atoms with Gasteiger partial charge >= 0.3 is 0 Å². The van der Waals surface area contributed by atoms with Crippen LogP contribution in [0.4, 0.5) is 5.82 Å². The lowest BCUT2D eigenvalue weighted by Gasteiger charge is -2.34. The highest BCUT2D eigenvalue weighted by molar-refractivity contribution is 7.70. The molecular weight excluding hydrogens is 348 g/mol. The van der Waals surface area contributed by atoms with Crippen LogP contribution in [0.3, 0.4) is 0 Å². The van der Waals surface area contributed by atoms with Gasteiger partial charge in [-0.25, -0.2) is 18.1 Å². The predicted molar refractivity (Wildman–Crippen MR) is 87.2 cm³/mol. The third-order valence-electron chi connectivity index (χ3n) is 3.48. The molecule has 22 heavy (non-hydrogen) atoms. The van der Waals surface area contributed by atoms with Gasteiger partial charge in [0.05, 0.1) is 29.5 Å². The Morgan fingerprint density at radius 2 is 2.36 bits per heavy atom. The summed E-state index contributed by atoms with van der Waals surface area (Å²) in [6.07, 6.45) is 0. The van der Waals surface area contributed by atoms with Crippen molar-refractivity contribution < 1.29 is 13.2 Å². The van der Waals surface area contributed by atoms with Crippen molar-refractivity contribution in [2.45, 2.75) is 19.5 Å². The molecule has 2 aromatic rings. The Bertz CT molecular complexity index is 756. The molecule has 1 saturated heterocycles. The number of aromatic nitrogens is 2. The Labute approximate surface area is 138 Å². The first kappa shape index (κ1) is 15.9. The number of nitrogens with zero attached hydrogens (tertiary/aromatic N) is 3. The smallest absolute Gasteiger partial charge is 0.224 e. The van der Waals surface area contributed by atoms with Gasteiger partial charge in [-0.2, -0.15) is 4.98 Å². The van der Waals surface area contributed by atoms with E-state index in [1.165, 1.54) is 11.3 Å². The SMILES string of the molecule is C[C@@H]1COCCN1c1nc(Cl)nc2c(CN[SH](=O)=O)csc12. The topological polar surface area (TPSA) is 84.4 Å². The third kappa shape index (κ3) is 3.18. The summed E-state index contributed by atoms with van der Waals surface area (Å²) in [7, 11) is -2.64. The minimum atomic E-state index is -2.64. The highest BCUT2D eigenvalue weighted by atomic mass is 35.5. The summed E-state index contributed by atoms with van der Waals surface area (Å²) in [4.78, 5) is 10.8. The molecule has 0 aliphatic carbocycles. The van der Waals surface area contributed by atoms with Gasteiger partial charge in [0.1, 0.15) is 0 Å². The fourth-order valence-electron chi connectivity index (χ4n) is 2.44. The van der Waals surface area contributed by atoms with E-state index in [0.717, 1.165) is 22.6 Å². The van der Waals surface area contributed by atoms with Crippen LogP contribution in [0.25, 0.3) is 10.2 Å². The zero-order valence-electron chi connectivity index (χ0n) is 11.8. The van der Waals surface area contributed by atoms with Crippen molar-refractivity contribution in [1.82, 2.24) is 14.7 Å².